The molecular formula is C64H78F8N12O9. The molecule has 10 rings (SSSR count). The molecule has 4 bridgehead atoms. The van der Waals surface area contributed by atoms with Crippen molar-refractivity contribution in [3.8, 4) is 23.0 Å². The molecule has 6 saturated heterocycles. The van der Waals surface area contributed by atoms with Crippen LogP contribution in [0.15, 0.2) is 61.2 Å². The highest BCUT2D eigenvalue weighted by atomic mass is 19.4. The van der Waals surface area contributed by atoms with Crippen molar-refractivity contribution >= 4 is 35.8 Å². The molecule has 8 heterocycles. The average Bonchev–Trinajstić information content (AvgIpc) is 1.69. The molecule has 8 atom stereocenters. The number of aliphatic hydroxyl groups is 1. The summed E-state index contributed by atoms with van der Waals surface area (Å²) in [5.74, 6) is -0.848. The highest BCUT2D eigenvalue weighted by molar-refractivity contribution is 5.87. The fourth-order valence-corrected chi connectivity index (χ4v) is 13.3. The Kier molecular flexibility index (Phi) is 20.8. The summed E-state index contributed by atoms with van der Waals surface area (Å²) < 4.78 is 141. The van der Waals surface area contributed by atoms with Gasteiger partial charge in [-0.2, -0.15) is 26.3 Å². The molecule has 29 heteroatoms. The molecule has 0 aliphatic carbocycles. The Labute approximate surface area is 533 Å². The number of ether oxygens (including phenoxy) is 4. The van der Waals surface area contributed by atoms with E-state index in [1.54, 1.807) is 36.7 Å². The van der Waals surface area contributed by atoms with Crippen molar-refractivity contribution in [1.82, 2.24) is 50.6 Å². The normalized spacial score (nSPS) is 21.8. The van der Waals surface area contributed by atoms with E-state index in [0.29, 0.717) is 111 Å². The third kappa shape index (κ3) is 15.4. The third-order valence-electron chi connectivity index (χ3n) is 19.3. The first kappa shape index (κ1) is 68.5. The summed E-state index contributed by atoms with van der Waals surface area (Å²) in [4.78, 5) is 82.2. The number of halogens is 8. The molecule has 0 radical (unpaired) electrons. The molecule has 6 aliphatic rings. The van der Waals surface area contributed by atoms with Gasteiger partial charge < -0.3 is 49.8 Å². The number of piperazine rings is 2. The predicted octanol–water partition coefficient (Wildman–Crippen LogP) is 5.80. The summed E-state index contributed by atoms with van der Waals surface area (Å²) >= 11 is 0. The van der Waals surface area contributed by atoms with Crippen LogP contribution in [0, 0.1) is 40.2 Å². The second kappa shape index (κ2) is 28.3. The molecule has 21 nitrogen and oxygen atoms in total. The molecule has 2 aromatic carbocycles. The van der Waals surface area contributed by atoms with Crippen molar-refractivity contribution in [2.24, 2.45) is 16.7 Å². The number of carbonyl (C=O) groups excluding carboxylic acids is 4. The minimum absolute atomic E-state index is 0.0947. The Morgan fingerprint density at radius 3 is 1.62 bits per heavy atom. The lowest BCUT2D eigenvalue weighted by atomic mass is 9.75. The lowest BCUT2D eigenvalue weighted by Gasteiger charge is -2.47. The number of nitrogens with one attached hydrogen (secondary N) is 3. The minimum atomic E-state index is -5.11. The zero-order chi connectivity index (χ0) is 66.7. The van der Waals surface area contributed by atoms with Crippen LogP contribution >= 0.6 is 0 Å². The molecule has 0 spiro atoms. The van der Waals surface area contributed by atoms with Gasteiger partial charge in [-0.3, -0.25) is 29.1 Å². The second-order valence-electron chi connectivity index (χ2n) is 26.0. The molecule has 4 unspecified atom stereocenters. The van der Waals surface area contributed by atoms with Crippen LogP contribution in [0.5, 0.6) is 0 Å². The number of anilines is 2. The molecule has 3 amide bonds. The zero-order valence-electron chi connectivity index (χ0n) is 52.5. The van der Waals surface area contributed by atoms with Gasteiger partial charge in [0.25, 0.3) is 0 Å². The lowest BCUT2D eigenvalue weighted by molar-refractivity contribution is -0.230. The maximum absolute atomic E-state index is 16.3. The molecule has 4 aromatic rings. The molecule has 504 valence electrons. The van der Waals surface area contributed by atoms with E-state index in [4.69, 9.17) is 9.47 Å². The Bertz CT molecular complexity index is 3320. The number of nitrogens with zero attached hydrogens (tertiary/aromatic N) is 9. The van der Waals surface area contributed by atoms with Gasteiger partial charge in [0.2, 0.25) is 23.7 Å². The minimum Gasteiger partial charge on any atom is -0.469 e. The SMILES string of the molecule is COC(=O)C[C@H](C(=O)NCN(CCc1c(F)cc(-c2cnc(N3CC4CCC(C3)N4C3COC3)nc2)cc1F)C[C@H](O)[C@H](Cc1ccc(C#Cc2cnc(N3CC4CCC(C3)N4C3COC3)nc2)cc1)NC(=O)[C@@H](NC(=O)OC)C(C)(C)C(F)(F)F)C(C)(C)C(F)(F)F. The molecular weight excluding hydrogens is 1230 g/mol. The van der Waals surface area contributed by atoms with Crippen LogP contribution in [0.1, 0.15) is 82.1 Å². The maximum Gasteiger partial charge on any atom is 0.407 e. The standard InChI is InChI=1S/C64H78F8N12O9/c1-61(2,63(67,68)69)49(22-54(86)90-5)56(87)77-36-80(18-17-48-50(65)20-40(21-51(48)66)41-25-75-59(76-26-41)82-29-44-15-16-45(30-82)84(44)47-34-93-35-47)31-53(85)52(78-57(88)55(79-60(89)91-6)62(3,4)64(70,71)72)19-38-10-7-37(8-11-38)9-12-39-23-73-58(74-24-39)81-27-42-13-14-43(28-81)83(42)46-32-92-33-46/h7-8,10-11,20-21,23-26,42-47,49,52-53,55,85H,13-19,22,27-36H2,1-6H3,(H,77,87)(H,78,88)(H,79,89)/t42?,43?,44?,45?,49-,52+,53+,55-/m1/s1. The number of alkyl carbamates (subject to hydrolysis) is 1. The Hall–Kier alpha value is -7.36. The maximum atomic E-state index is 16.3. The molecule has 4 N–H and O–H groups in total. The number of fused-ring (bicyclic) bond motifs is 4. The van der Waals surface area contributed by atoms with E-state index in [0.717, 1.165) is 92.2 Å². The monoisotopic (exact) mass is 1310 g/mol. The number of methoxy groups -OCH3 is 2. The van der Waals surface area contributed by atoms with Gasteiger partial charge in [-0.05, 0) is 87.8 Å². The summed E-state index contributed by atoms with van der Waals surface area (Å²) in [6.45, 7) is 6.81. The van der Waals surface area contributed by atoms with Gasteiger partial charge in [0, 0.05) is 105 Å². The highest BCUT2D eigenvalue weighted by Gasteiger charge is 2.57. The van der Waals surface area contributed by atoms with Crippen LogP contribution in [0.25, 0.3) is 11.1 Å². The summed E-state index contributed by atoms with van der Waals surface area (Å²) in [6.07, 6.45) is -4.81. The first-order valence-corrected chi connectivity index (χ1v) is 31.1. The van der Waals surface area contributed by atoms with E-state index in [2.05, 4.69) is 71.5 Å². The number of rotatable bonds is 23. The van der Waals surface area contributed by atoms with Crippen LogP contribution in [0.4, 0.5) is 51.8 Å². The van der Waals surface area contributed by atoms with Crippen LogP contribution in [-0.2, 0) is 46.2 Å². The number of benzene rings is 2. The van der Waals surface area contributed by atoms with Crippen molar-refractivity contribution < 1.29 is 78.4 Å². The van der Waals surface area contributed by atoms with Crippen molar-refractivity contribution in [3.63, 3.8) is 0 Å². The van der Waals surface area contributed by atoms with E-state index < -0.39 is 121 Å². The predicted molar refractivity (Wildman–Crippen MR) is 322 cm³/mol. The number of hydrogen-bond donors (Lipinski definition) is 4. The van der Waals surface area contributed by atoms with Crippen molar-refractivity contribution in [2.75, 3.05) is 96.4 Å². The molecule has 2 aromatic heterocycles. The molecule has 6 fully saturated rings. The number of aromatic nitrogens is 4. The van der Waals surface area contributed by atoms with Crippen molar-refractivity contribution in [3.05, 3.63) is 95.1 Å². The van der Waals surface area contributed by atoms with Gasteiger partial charge in [0.05, 0.1) is 100 Å². The van der Waals surface area contributed by atoms with Crippen LogP contribution < -0.4 is 25.8 Å². The summed E-state index contributed by atoms with van der Waals surface area (Å²) in [5.41, 5.74) is -4.47. The lowest BCUT2D eigenvalue weighted by Crippen LogP contribution is -2.62. The van der Waals surface area contributed by atoms with Gasteiger partial charge in [-0.1, -0.05) is 37.8 Å². The Balaban J connectivity index is 0.883. The van der Waals surface area contributed by atoms with E-state index >= 15 is 8.78 Å². The van der Waals surface area contributed by atoms with Gasteiger partial charge in [0.15, 0.2) is 0 Å². The zero-order valence-corrected chi connectivity index (χ0v) is 52.5. The van der Waals surface area contributed by atoms with Gasteiger partial charge in [0.1, 0.15) is 17.7 Å². The van der Waals surface area contributed by atoms with Crippen molar-refractivity contribution in [2.45, 2.75) is 139 Å². The fourth-order valence-electron chi connectivity index (χ4n) is 13.3. The largest absolute Gasteiger partial charge is 0.469 e. The Morgan fingerprint density at radius 2 is 1.16 bits per heavy atom. The summed E-state index contributed by atoms with van der Waals surface area (Å²) in [7, 11) is 1.80. The van der Waals surface area contributed by atoms with Crippen molar-refractivity contribution in [1.29, 1.82) is 0 Å². The molecule has 6 aliphatic heterocycles. The average molecular weight is 1310 g/mol. The van der Waals surface area contributed by atoms with Gasteiger partial charge >= 0.3 is 24.4 Å². The van der Waals surface area contributed by atoms with E-state index in [-0.39, 0.29) is 12.0 Å². The number of amides is 3. The van der Waals surface area contributed by atoms with Gasteiger partial charge in [-0.15, -0.1) is 0 Å². The van der Waals surface area contributed by atoms with Crippen LogP contribution in [0.3, 0.4) is 0 Å². The summed E-state index contributed by atoms with van der Waals surface area (Å²) in [5, 5.41) is 19.0. The van der Waals surface area contributed by atoms with Crippen LogP contribution in [-0.4, -0.2) is 217 Å². The van der Waals surface area contributed by atoms with E-state index in [1.165, 1.54) is 17.3 Å². The smallest absolute Gasteiger partial charge is 0.407 e. The number of carbonyl (C=O) groups is 4. The summed E-state index contributed by atoms with van der Waals surface area (Å²) in [6, 6.07) is 6.85. The van der Waals surface area contributed by atoms with E-state index in [1.807, 2.05) is 5.32 Å². The fraction of sp³-hybridized carbons (Fsp3) is 0.594. The first-order chi connectivity index (χ1) is 44.1. The molecule has 93 heavy (non-hydrogen) atoms. The number of hydrogen-bond acceptors (Lipinski definition) is 18. The third-order valence-corrected chi connectivity index (χ3v) is 19.3. The Morgan fingerprint density at radius 1 is 0.667 bits per heavy atom. The quantitative estimate of drug-likeness (QED) is 0.0298. The van der Waals surface area contributed by atoms with Crippen LogP contribution in [0.2, 0.25) is 0 Å². The highest BCUT2D eigenvalue weighted by Crippen LogP contribution is 2.46. The number of aliphatic hydroxyl groups excluding tert-OH is 1. The first-order valence-electron chi connectivity index (χ1n) is 31.1. The molecule has 0 saturated carbocycles. The van der Waals surface area contributed by atoms with E-state index in [9.17, 15) is 50.6 Å². The number of esters is 1. The number of alkyl halides is 6. The second-order valence-corrected chi connectivity index (χ2v) is 26.0. The van der Waals surface area contributed by atoms with Gasteiger partial charge in [-0.25, -0.2) is 33.5 Å². The topological polar surface area (TPSA) is 229 Å².